The SMILES string of the molecule is Cc1ccccc1NC(=O)C(c1c(C)cccc1C)N(C(=O)C(CCC(N)=O)NC(=O)OC(C)(C)C)C(C)CCC(C)C. The highest BCUT2D eigenvalue weighted by Crippen LogP contribution is 2.33. The molecule has 9 heteroatoms. The number of ether oxygens (including phenoxy) is 1. The zero-order valence-electron chi connectivity index (χ0n) is 27.2. The van der Waals surface area contributed by atoms with E-state index in [2.05, 4.69) is 24.5 Å². The number of amides is 4. The average molecular weight is 595 g/mol. The minimum Gasteiger partial charge on any atom is -0.444 e. The summed E-state index contributed by atoms with van der Waals surface area (Å²) in [5.74, 6) is -1.10. The summed E-state index contributed by atoms with van der Waals surface area (Å²) in [6.45, 7) is 17.0. The van der Waals surface area contributed by atoms with Crippen molar-refractivity contribution in [2.45, 2.75) is 112 Å². The number of nitrogens with two attached hydrogens (primary N) is 1. The van der Waals surface area contributed by atoms with Crippen molar-refractivity contribution >= 4 is 29.5 Å². The summed E-state index contributed by atoms with van der Waals surface area (Å²) in [7, 11) is 0. The van der Waals surface area contributed by atoms with Crippen LogP contribution >= 0.6 is 0 Å². The van der Waals surface area contributed by atoms with Crippen LogP contribution in [-0.4, -0.2) is 46.4 Å². The molecule has 3 unspecified atom stereocenters. The van der Waals surface area contributed by atoms with Crippen LogP contribution in [0.3, 0.4) is 0 Å². The molecule has 0 fully saturated rings. The second-order valence-electron chi connectivity index (χ2n) is 12.8. The third kappa shape index (κ3) is 10.7. The zero-order chi connectivity index (χ0) is 32.5. The van der Waals surface area contributed by atoms with E-state index >= 15 is 0 Å². The van der Waals surface area contributed by atoms with Gasteiger partial charge in [-0.2, -0.15) is 0 Å². The number of hydrogen-bond donors (Lipinski definition) is 3. The van der Waals surface area contributed by atoms with Crippen molar-refractivity contribution in [1.82, 2.24) is 10.2 Å². The number of anilines is 1. The Morgan fingerprint density at radius 1 is 0.860 bits per heavy atom. The Hall–Kier alpha value is -3.88. The fourth-order valence-corrected chi connectivity index (χ4v) is 5.06. The lowest BCUT2D eigenvalue weighted by molar-refractivity contribution is -0.143. The van der Waals surface area contributed by atoms with Gasteiger partial charge in [0.05, 0.1) is 0 Å². The van der Waals surface area contributed by atoms with Crippen LogP contribution in [0.15, 0.2) is 42.5 Å². The maximum atomic E-state index is 14.6. The molecule has 0 bridgehead atoms. The Balaban J connectivity index is 2.72. The van der Waals surface area contributed by atoms with Crippen LogP contribution < -0.4 is 16.4 Å². The molecule has 0 spiro atoms. The van der Waals surface area contributed by atoms with Crippen molar-refractivity contribution in [2.75, 3.05) is 5.32 Å². The average Bonchev–Trinajstić information content (AvgIpc) is 2.88. The van der Waals surface area contributed by atoms with E-state index < -0.39 is 41.6 Å². The van der Waals surface area contributed by atoms with Gasteiger partial charge in [-0.3, -0.25) is 14.4 Å². The molecule has 9 nitrogen and oxygen atoms in total. The highest BCUT2D eigenvalue weighted by molar-refractivity contribution is 6.00. The first kappa shape index (κ1) is 35.3. The summed E-state index contributed by atoms with van der Waals surface area (Å²) in [4.78, 5) is 55.3. The van der Waals surface area contributed by atoms with Gasteiger partial charge in [0.2, 0.25) is 11.8 Å². The molecule has 2 aromatic carbocycles. The van der Waals surface area contributed by atoms with Crippen LogP contribution in [0.2, 0.25) is 0 Å². The van der Waals surface area contributed by atoms with Crippen LogP contribution in [0.25, 0.3) is 0 Å². The van der Waals surface area contributed by atoms with Crippen molar-refractivity contribution in [3.05, 3.63) is 64.7 Å². The highest BCUT2D eigenvalue weighted by Gasteiger charge is 2.40. The van der Waals surface area contributed by atoms with Crippen molar-refractivity contribution in [3.8, 4) is 0 Å². The summed E-state index contributed by atoms with van der Waals surface area (Å²) in [6.07, 6.45) is 0.467. The standard InChI is InChI=1S/C34H50N4O5/c1-21(2)17-18-25(6)38(32(41)27(19-20-28(35)39)37-33(42)43-34(7,8)9)30(29-23(4)14-12-15-24(29)5)31(40)36-26-16-11-10-13-22(26)3/h10-16,21,25,27,30H,17-20H2,1-9H3,(H2,35,39)(H,36,40)(H,37,42). The summed E-state index contributed by atoms with van der Waals surface area (Å²) in [6, 6.07) is 10.7. The smallest absolute Gasteiger partial charge is 0.408 e. The molecule has 0 saturated heterocycles. The van der Waals surface area contributed by atoms with Gasteiger partial charge in [0.25, 0.3) is 5.91 Å². The van der Waals surface area contributed by atoms with Crippen molar-refractivity contribution < 1.29 is 23.9 Å². The Kier molecular flexibility index (Phi) is 12.8. The van der Waals surface area contributed by atoms with Gasteiger partial charge in [-0.25, -0.2) is 4.79 Å². The van der Waals surface area contributed by atoms with Crippen molar-refractivity contribution in [1.29, 1.82) is 0 Å². The molecule has 0 radical (unpaired) electrons. The van der Waals surface area contributed by atoms with Gasteiger partial charge in [-0.1, -0.05) is 50.2 Å². The number of aryl methyl sites for hydroxylation is 3. The number of alkyl carbamates (subject to hydrolysis) is 1. The molecular formula is C34H50N4O5. The summed E-state index contributed by atoms with van der Waals surface area (Å²) in [5.41, 5.74) is 8.60. The molecule has 236 valence electrons. The van der Waals surface area contributed by atoms with E-state index in [0.29, 0.717) is 23.6 Å². The fourth-order valence-electron chi connectivity index (χ4n) is 5.06. The second kappa shape index (κ2) is 15.5. The molecule has 0 aliphatic heterocycles. The van der Waals surface area contributed by atoms with E-state index in [-0.39, 0.29) is 18.7 Å². The molecule has 0 heterocycles. The van der Waals surface area contributed by atoms with E-state index in [9.17, 15) is 19.2 Å². The van der Waals surface area contributed by atoms with E-state index in [1.807, 2.05) is 70.2 Å². The van der Waals surface area contributed by atoms with Crippen molar-refractivity contribution in [3.63, 3.8) is 0 Å². The third-order valence-electron chi connectivity index (χ3n) is 7.30. The molecule has 0 aliphatic rings. The number of nitrogens with zero attached hydrogens (tertiary/aromatic N) is 1. The maximum Gasteiger partial charge on any atom is 0.408 e. The lowest BCUT2D eigenvalue weighted by Crippen LogP contribution is -2.55. The number of nitrogens with one attached hydrogen (secondary N) is 2. The Bertz CT molecular complexity index is 1260. The second-order valence-corrected chi connectivity index (χ2v) is 12.8. The number of carbonyl (C=O) groups excluding carboxylic acids is 4. The van der Waals surface area contributed by atoms with Gasteiger partial charge in [-0.15, -0.1) is 0 Å². The molecule has 0 aromatic heterocycles. The summed E-state index contributed by atoms with van der Waals surface area (Å²) in [5, 5.41) is 5.73. The molecule has 2 aromatic rings. The maximum absolute atomic E-state index is 14.6. The predicted octanol–water partition coefficient (Wildman–Crippen LogP) is 6.10. The molecule has 4 N–H and O–H groups in total. The third-order valence-corrected chi connectivity index (χ3v) is 7.30. The molecule has 43 heavy (non-hydrogen) atoms. The van der Waals surface area contributed by atoms with Gasteiger partial charge in [-0.05, 0) is 102 Å². The quantitative estimate of drug-likeness (QED) is 0.258. The van der Waals surface area contributed by atoms with E-state index in [1.165, 1.54) is 0 Å². The normalized spacial score (nSPS) is 13.5. The largest absolute Gasteiger partial charge is 0.444 e. The zero-order valence-corrected chi connectivity index (χ0v) is 27.2. The number of hydrogen-bond acceptors (Lipinski definition) is 5. The van der Waals surface area contributed by atoms with Crippen LogP contribution in [0.5, 0.6) is 0 Å². The van der Waals surface area contributed by atoms with Crippen LogP contribution in [0.4, 0.5) is 10.5 Å². The highest BCUT2D eigenvalue weighted by atomic mass is 16.6. The Labute approximate surface area is 256 Å². The predicted molar refractivity (Wildman–Crippen MR) is 170 cm³/mol. The lowest BCUT2D eigenvalue weighted by Gasteiger charge is -2.40. The number of benzene rings is 2. The van der Waals surface area contributed by atoms with Gasteiger partial charge in [0.15, 0.2) is 0 Å². The van der Waals surface area contributed by atoms with E-state index in [1.54, 1.807) is 25.7 Å². The van der Waals surface area contributed by atoms with Gasteiger partial charge in [0.1, 0.15) is 17.7 Å². The van der Waals surface area contributed by atoms with Crippen LogP contribution in [0, 0.1) is 26.7 Å². The summed E-state index contributed by atoms with van der Waals surface area (Å²) < 4.78 is 5.45. The molecule has 0 saturated carbocycles. The first-order valence-electron chi connectivity index (χ1n) is 15.0. The monoisotopic (exact) mass is 594 g/mol. The minimum absolute atomic E-state index is 0.0420. The first-order valence-corrected chi connectivity index (χ1v) is 15.0. The topological polar surface area (TPSA) is 131 Å². The minimum atomic E-state index is -1.15. The molecular weight excluding hydrogens is 544 g/mol. The number of carbonyl (C=O) groups is 4. The number of primary amides is 1. The van der Waals surface area contributed by atoms with Gasteiger partial charge in [0, 0.05) is 18.2 Å². The lowest BCUT2D eigenvalue weighted by atomic mass is 9.91. The van der Waals surface area contributed by atoms with Crippen molar-refractivity contribution in [2.24, 2.45) is 11.7 Å². The van der Waals surface area contributed by atoms with E-state index in [0.717, 1.165) is 23.1 Å². The van der Waals surface area contributed by atoms with E-state index in [4.69, 9.17) is 10.5 Å². The van der Waals surface area contributed by atoms with Gasteiger partial charge >= 0.3 is 6.09 Å². The van der Waals surface area contributed by atoms with Crippen LogP contribution in [-0.2, 0) is 19.1 Å². The molecule has 3 atom stereocenters. The fraction of sp³-hybridized carbons (Fsp3) is 0.529. The summed E-state index contributed by atoms with van der Waals surface area (Å²) >= 11 is 0. The van der Waals surface area contributed by atoms with Gasteiger partial charge < -0.3 is 26.0 Å². The number of rotatable bonds is 13. The number of para-hydroxylation sites is 1. The first-order chi connectivity index (χ1) is 20.0. The molecule has 0 aliphatic carbocycles. The van der Waals surface area contributed by atoms with Crippen LogP contribution in [0.1, 0.15) is 95.5 Å². The molecule has 4 amide bonds. The Morgan fingerprint density at radius 2 is 1.44 bits per heavy atom. The molecule has 2 rings (SSSR count). The Morgan fingerprint density at radius 3 is 1.98 bits per heavy atom.